The van der Waals surface area contributed by atoms with E-state index < -0.39 is 0 Å². The molecular formula is C11H17NS. The monoisotopic (exact) mass is 195 g/mol. The Hall–Kier alpha value is -0.470. The zero-order valence-corrected chi connectivity index (χ0v) is 9.37. The Morgan fingerprint density at radius 2 is 2.15 bits per heavy atom. The normalized spacial score (nSPS) is 10.4. The van der Waals surface area contributed by atoms with Crippen LogP contribution in [0.15, 0.2) is 23.1 Å². The topological polar surface area (TPSA) is 12.0 Å². The van der Waals surface area contributed by atoms with Gasteiger partial charge < -0.3 is 5.32 Å². The number of thioether (sulfide) groups is 1. The molecule has 1 nitrogen and oxygen atoms in total. The van der Waals surface area contributed by atoms with E-state index in [1.807, 2.05) is 7.05 Å². The molecule has 72 valence electrons. The summed E-state index contributed by atoms with van der Waals surface area (Å²) in [4.78, 5) is 1.36. The van der Waals surface area contributed by atoms with Gasteiger partial charge in [-0.3, -0.25) is 0 Å². The highest BCUT2D eigenvalue weighted by molar-refractivity contribution is 7.98. The number of nitrogens with one attached hydrogen (secondary N) is 1. The Morgan fingerprint density at radius 1 is 1.38 bits per heavy atom. The molecule has 2 heteroatoms. The minimum atomic E-state index is 1.05. The third-order valence-electron chi connectivity index (χ3n) is 2.20. The number of likely N-dealkylation sites (N-methyl/N-ethyl adjacent to an activating group) is 1. The van der Waals surface area contributed by atoms with Crippen molar-refractivity contribution >= 4 is 11.8 Å². The van der Waals surface area contributed by atoms with Crippen LogP contribution < -0.4 is 5.32 Å². The Balaban J connectivity index is 2.78. The first-order chi connectivity index (χ1) is 6.27. The number of aryl methyl sites for hydroxylation is 1. The van der Waals surface area contributed by atoms with Crippen molar-refractivity contribution in [3.63, 3.8) is 0 Å². The van der Waals surface area contributed by atoms with Crippen molar-refractivity contribution in [1.82, 2.24) is 5.32 Å². The molecule has 0 atom stereocenters. The lowest BCUT2D eigenvalue weighted by atomic mass is 10.1. The highest BCUT2D eigenvalue weighted by Gasteiger charge is 1.98. The summed E-state index contributed by atoms with van der Waals surface area (Å²) in [7, 11) is 1.99. The van der Waals surface area contributed by atoms with Gasteiger partial charge in [-0.1, -0.05) is 6.07 Å². The van der Waals surface area contributed by atoms with Crippen molar-refractivity contribution in [3.8, 4) is 0 Å². The number of benzene rings is 1. The fourth-order valence-corrected chi connectivity index (χ4v) is 1.77. The van der Waals surface area contributed by atoms with E-state index in [1.54, 1.807) is 11.8 Å². The quantitative estimate of drug-likeness (QED) is 0.741. The average molecular weight is 195 g/mol. The maximum Gasteiger partial charge on any atom is 0.00720 e. The van der Waals surface area contributed by atoms with Gasteiger partial charge in [0.1, 0.15) is 0 Å². The molecule has 0 aromatic heterocycles. The highest BCUT2D eigenvalue weighted by Crippen LogP contribution is 2.19. The van der Waals surface area contributed by atoms with Crippen LogP contribution in [0.5, 0.6) is 0 Å². The summed E-state index contributed by atoms with van der Waals surface area (Å²) >= 11 is 1.80. The molecule has 0 saturated carbocycles. The summed E-state index contributed by atoms with van der Waals surface area (Å²) in [6.45, 7) is 3.23. The third-order valence-corrected chi connectivity index (χ3v) is 2.93. The number of hydrogen-bond donors (Lipinski definition) is 1. The second-order valence-corrected chi connectivity index (χ2v) is 4.03. The molecule has 0 unspecified atom stereocenters. The Bertz CT molecular complexity index is 271. The molecule has 0 aliphatic carbocycles. The van der Waals surface area contributed by atoms with Crippen molar-refractivity contribution in [2.24, 2.45) is 0 Å². The molecule has 0 amide bonds. The van der Waals surface area contributed by atoms with Gasteiger partial charge in [-0.2, -0.15) is 0 Å². The molecule has 1 aromatic carbocycles. The molecule has 0 aliphatic rings. The van der Waals surface area contributed by atoms with Crippen LogP contribution in [0.1, 0.15) is 11.1 Å². The Morgan fingerprint density at radius 3 is 2.77 bits per heavy atom. The lowest BCUT2D eigenvalue weighted by Crippen LogP contribution is -2.10. The minimum Gasteiger partial charge on any atom is -0.319 e. The summed E-state index contributed by atoms with van der Waals surface area (Å²) in [5.74, 6) is 0. The summed E-state index contributed by atoms with van der Waals surface area (Å²) in [6, 6.07) is 6.68. The van der Waals surface area contributed by atoms with E-state index >= 15 is 0 Å². The molecule has 1 rings (SSSR count). The van der Waals surface area contributed by atoms with Gasteiger partial charge in [-0.15, -0.1) is 11.8 Å². The predicted molar refractivity (Wildman–Crippen MR) is 60.6 cm³/mol. The second-order valence-electron chi connectivity index (χ2n) is 3.15. The zero-order valence-electron chi connectivity index (χ0n) is 8.55. The van der Waals surface area contributed by atoms with Gasteiger partial charge in [0.15, 0.2) is 0 Å². The summed E-state index contributed by atoms with van der Waals surface area (Å²) in [5, 5.41) is 3.17. The Labute approximate surface area is 84.9 Å². The van der Waals surface area contributed by atoms with Gasteiger partial charge in [-0.25, -0.2) is 0 Å². The second kappa shape index (κ2) is 5.30. The molecule has 1 N–H and O–H groups in total. The van der Waals surface area contributed by atoms with E-state index in [2.05, 4.69) is 36.7 Å². The lowest BCUT2D eigenvalue weighted by Gasteiger charge is -2.07. The molecule has 0 heterocycles. The number of hydrogen-bond acceptors (Lipinski definition) is 2. The molecule has 0 spiro atoms. The van der Waals surface area contributed by atoms with Crippen LogP contribution >= 0.6 is 11.8 Å². The van der Waals surface area contributed by atoms with E-state index in [9.17, 15) is 0 Å². The van der Waals surface area contributed by atoms with Crippen molar-refractivity contribution < 1.29 is 0 Å². The van der Waals surface area contributed by atoms with Crippen LogP contribution in [0.3, 0.4) is 0 Å². The van der Waals surface area contributed by atoms with Crippen LogP contribution in [0, 0.1) is 6.92 Å². The molecule has 0 saturated heterocycles. The molecule has 0 bridgehead atoms. The zero-order chi connectivity index (χ0) is 9.68. The van der Waals surface area contributed by atoms with Crippen molar-refractivity contribution in [3.05, 3.63) is 29.3 Å². The highest BCUT2D eigenvalue weighted by atomic mass is 32.2. The van der Waals surface area contributed by atoms with Crippen molar-refractivity contribution in [2.45, 2.75) is 18.2 Å². The van der Waals surface area contributed by atoms with Crippen LogP contribution in [0.4, 0.5) is 0 Å². The van der Waals surface area contributed by atoms with Crippen LogP contribution in [-0.2, 0) is 6.42 Å². The summed E-state index contributed by atoms with van der Waals surface area (Å²) in [6.07, 6.45) is 3.24. The van der Waals surface area contributed by atoms with E-state index in [1.165, 1.54) is 16.0 Å². The minimum absolute atomic E-state index is 1.05. The fraction of sp³-hybridized carbons (Fsp3) is 0.455. The fourth-order valence-electron chi connectivity index (χ4n) is 1.30. The van der Waals surface area contributed by atoms with Gasteiger partial charge in [0.05, 0.1) is 0 Å². The molecule has 0 fully saturated rings. The van der Waals surface area contributed by atoms with E-state index in [4.69, 9.17) is 0 Å². The third kappa shape index (κ3) is 3.05. The van der Waals surface area contributed by atoms with Crippen LogP contribution in [0.25, 0.3) is 0 Å². The molecule has 0 radical (unpaired) electrons. The number of rotatable bonds is 4. The summed E-state index contributed by atoms with van der Waals surface area (Å²) in [5.41, 5.74) is 2.86. The van der Waals surface area contributed by atoms with E-state index in [0.29, 0.717) is 0 Å². The predicted octanol–water partition coefficient (Wildman–Crippen LogP) is 2.48. The smallest absolute Gasteiger partial charge is 0.00720 e. The standard InChI is InChI=1S/C11H17NS/c1-9-4-5-11(13-3)8-10(9)6-7-12-2/h4-5,8,12H,6-7H2,1-3H3. The van der Waals surface area contributed by atoms with E-state index in [0.717, 1.165) is 13.0 Å². The molecule has 1 aromatic rings. The van der Waals surface area contributed by atoms with E-state index in [-0.39, 0.29) is 0 Å². The van der Waals surface area contributed by atoms with Crippen molar-refractivity contribution in [2.75, 3.05) is 19.8 Å². The summed E-state index contributed by atoms with van der Waals surface area (Å²) < 4.78 is 0. The van der Waals surface area contributed by atoms with Gasteiger partial charge >= 0.3 is 0 Å². The average Bonchev–Trinajstić information content (AvgIpc) is 2.17. The first-order valence-corrected chi connectivity index (χ1v) is 5.78. The van der Waals surface area contributed by atoms with Crippen molar-refractivity contribution in [1.29, 1.82) is 0 Å². The maximum absolute atomic E-state index is 3.17. The first-order valence-electron chi connectivity index (χ1n) is 4.56. The van der Waals surface area contributed by atoms with Gasteiger partial charge in [-0.05, 0) is 56.5 Å². The van der Waals surface area contributed by atoms with Gasteiger partial charge in [0.2, 0.25) is 0 Å². The van der Waals surface area contributed by atoms with Gasteiger partial charge in [0.25, 0.3) is 0 Å². The Kier molecular flexibility index (Phi) is 4.33. The van der Waals surface area contributed by atoms with Crippen LogP contribution in [0.2, 0.25) is 0 Å². The van der Waals surface area contributed by atoms with Crippen LogP contribution in [-0.4, -0.2) is 19.8 Å². The maximum atomic E-state index is 3.17. The largest absolute Gasteiger partial charge is 0.319 e. The SMILES string of the molecule is CNCCc1cc(SC)ccc1C. The molecule has 13 heavy (non-hydrogen) atoms. The molecular weight excluding hydrogens is 178 g/mol. The first kappa shape index (κ1) is 10.6. The lowest BCUT2D eigenvalue weighted by molar-refractivity contribution is 0.787. The molecule has 0 aliphatic heterocycles. The van der Waals surface area contributed by atoms with Gasteiger partial charge in [0, 0.05) is 4.90 Å².